The topological polar surface area (TPSA) is 64.4 Å². The average molecular weight is 268 g/mol. The number of nitro benzene ring substituents is 1. The summed E-state index contributed by atoms with van der Waals surface area (Å²) in [6, 6.07) is 3.97. The molecule has 0 aliphatic carbocycles. The van der Waals surface area contributed by atoms with Crippen LogP contribution in [0.4, 0.5) is 10.1 Å². The molecule has 1 heterocycles. The normalized spacial score (nSPS) is 23.3. The number of nitro groups is 1. The Morgan fingerprint density at radius 1 is 1.53 bits per heavy atom. The van der Waals surface area contributed by atoms with Gasteiger partial charge in [-0.1, -0.05) is 0 Å². The molecule has 0 spiro atoms. The van der Waals surface area contributed by atoms with Crippen molar-refractivity contribution in [2.45, 2.75) is 38.5 Å². The molecule has 0 aromatic heterocycles. The number of nitrogens with one attached hydrogen (secondary N) is 1. The molecule has 1 N–H and O–H groups in total. The maximum Gasteiger partial charge on any atom is 0.272 e. The molecule has 1 aliphatic rings. The van der Waals surface area contributed by atoms with Crippen molar-refractivity contribution in [3.63, 3.8) is 0 Å². The van der Waals surface area contributed by atoms with E-state index in [2.05, 4.69) is 5.32 Å². The lowest BCUT2D eigenvalue weighted by Gasteiger charge is -2.28. The van der Waals surface area contributed by atoms with Gasteiger partial charge in [0.15, 0.2) is 0 Å². The molecule has 0 bridgehead atoms. The van der Waals surface area contributed by atoms with Crippen molar-refractivity contribution in [1.82, 2.24) is 5.32 Å². The van der Waals surface area contributed by atoms with Crippen LogP contribution in [0.25, 0.3) is 0 Å². The average Bonchev–Trinajstić information content (AvgIpc) is 2.36. The molecule has 0 saturated carbocycles. The molecule has 1 saturated heterocycles. The number of rotatable bonds is 4. The lowest BCUT2D eigenvalue weighted by Crippen LogP contribution is -2.37. The van der Waals surface area contributed by atoms with Gasteiger partial charge < -0.3 is 10.1 Å². The van der Waals surface area contributed by atoms with E-state index in [4.69, 9.17) is 4.74 Å². The Morgan fingerprint density at radius 3 is 3.00 bits per heavy atom. The molecular weight excluding hydrogens is 251 g/mol. The number of hydrogen-bond acceptors (Lipinski definition) is 4. The SMILES string of the molecule is CC1CC(NCc2cc(F)cc([N+](=O)[O-])c2)CCO1. The maximum absolute atomic E-state index is 13.3. The predicted molar refractivity (Wildman–Crippen MR) is 68.3 cm³/mol. The van der Waals surface area contributed by atoms with Gasteiger partial charge in [-0.25, -0.2) is 4.39 Å². The molecule has 0 radical (unpaired) electrons. The molecule has 1 aromatic carbocycles. The molecule has 104 valence electrons. The van der Waals surface area contributed by atoms with E-state index >= 15 is 0 Å². The van der Waals surface area contributed by atoms with Gasteiger partial charge in [0.05, 0.1) is 17.1 Å². The molecule has 1 aromatic rings. The van der Waals surface area contributed by atoms with E-state index in [0.29, 0.717) is 24.8 Å². The highest BCUT2D eigenvalue weighted by Gasteiger charge is 2.19. The third-order valence-electron chi connectivity index (χ3n) is 3.23. The highest BCUT2D eigenvalue weighted by atomic mass is 19.1. The summed E-state index contributed by atoms with van der Waals surface area (Å²) in [5.74, 6) is -0.577. The summed E-state index contributed by atoms with van der Waals surface area (Å²) in [7, 11) is 0. The van der Waals surface area contributed by atoms with Gasteiger partial charge in [0.2, 0.25) is 0 Å². The second-order valence-electron chi connectivity index (χ2n) is 4.86. The summed E-state index contributed by atoms with van der Waals surface area (Å²) < 4.78 is 18.7. The summed E-state index contributed by atoms with van der Waals surface area (Å²) in [5, 5.41) is 13.9. The van der Waals surface area contributed by atoms with Crippen LogP contribution in [0.3, 0.4) is 0 Å². The van der Waals surface area contributed by atoms with E-state index in [-0.39, 0.29) is 11.8 Å². The van der Waals surface area contributed by atoms with Crippen LogP contribution in [0.2, 0.25) is 0 Å². The molecular formula is C13H17FN2O3. The van der Waals surface area contributed by atoms with Crippen LogP contribution < -0.4 is 5.32 Å². The maximum atomic E-state index is 13.3. The van der Waals surface area contributed by atoms with Crippen LogP contribution in [0, 0.1) is 15.9 Å². The molecule has 19 heavy (non-hydrogen) atoms. The third-order valence-corrected chi connectivity index (χ3v) is 3.23. The first-order chi connectivity index (χ1) is 9.04. The van der Waals surface area contributed by atoms with Crippen molar-refractivity contribution < 1.29 is 14.1 Å². The molecule has 2 rings (SSSR count). The van der Waals surface area contributed by atoms with Gasteiger partial charge in [0, 0.05) is 25.3 Å². The van der Waals surface area contributed by atoms with Crippen molar-refractivity contribution in [3.8, 4) is 0 Å². The Bertz CT molecular complexity index is 467. The van der Waals surface area contributed by atoms with E-state index in [1.165, 1.54) is 12.1 Å². The van der Waals surface area contributed by atoms with Crippen LogP contribution >= 0.6 is 0 Å². The van der Waals surface area contributed by atoms with Crippen molar-refractivity contribution >= 4 is 5.69 Å². The third kappa shape index (κ3) is 3.97. The summed E-state index contributed by atoms with van der Waals surface area (Å²) >= 11 is 0. The number of ether oxygens (including phenoxy) is 1. The number of hydrogen-bond donors (Lipinski definition) is 1. The predicted octanol–water partition coefficient (Wildman–Crippen LogP) is 2.39. The summed E-state index contributed by atoms with van der Waals surface area (Å²) in [4.78, 5) is 10.1. The smallest absolute Gasteiger partial charge is 0.272 e. The van der Waals surface area contributed by atoms with Crippen molar-refractivity contribution in [3.05, 3.63) is 39.7 Å². The van der Waals surface area contributed by atoms with Crippen LogP contribution in [0.5, 0.6) is 0 Å². The number of halogens is 1. The number of nitrogens with zero attached hydrogens (tertiary/aromatic N) is 1. The standard InChI is InChI=1S/C13H17FN2O3/c1-9-4-12(2-3-19-9)15-8-10-5-11(14)7-13(6-10)16(17)18/h5-7,9,12,15H,2-4,8H2,1H3. The van der Waals surface area contributed by atoms with Crippen molar-refractivity contribution in [2.75, 3.05) is 6.61 Å². The van der Waals surface area contributed by atoms with E-state index in [1.54, 1.807) is 0 Å². The highest BCUT2D eigenvalue weighted by Crippen LogP contribution is 2.18. The van der Waals surface area contributed by atoms with Gasteiger partial charge in [-0.15, -0.1) is 0 Å². The number of benzene rings is 1. The Kier molecular flexibility index (Phi) is 4.44. The fraction of sp³-hybridized carbons (Fsp3) is 0.538. The fourth-order valence-electron chi connectivity index (χ4n) is 2.29. The fourth-order valence-corrected chi connectivity index (χ4v) is 2.29. The van der Waals surface area contributed by atoms with Crippen molar-refractivity contribution in [1.29, 1.82) is 0 Å². The lowest BCUT2D eigenvalue weighted by atomic mass is 10.0. The van der Waals surface area contributed by atoms with Crippen LogP contribution in [-0.4, -0.2) is 23.7 Å². The van der Waals surface area contributed by atoms with E-state index in [0.717, 1.165) is 18.9 Å². The first-order valence-corrected chi connectivity index (χ1v) is 6.33. The zero-order valence-corrected chi connectivity index (χ0v) is 10.8. The molecule has 1 fully saturated rings. The van der Waals surface area contributed by atoms with Gasteiger partial charge in [-0.2, -0.15) is 0 Å². The second kappa shape index (κ2) is 6.08. The van der Waals surface area contributed by atoms with Gasteiger partial charge in [0.25, 0.3) is 5.69 Å². The van der Waals surface area contributed by atoms with Gasteiger partial charge in [-0.05, 0) is 31.4 Å². The zero-order valence-electron chi connectivity index (χ0n) is 10.8. The minimum Gasteiger partial charge on any atom is -0.378 e. The molecule has 0 amide bonds. The zero-order chi connectivity index (χ0) is 13.8. The first-order valence-electron chi connectivity index (χ1n) is 6.33. The molecule has 2 unspecified atom stereocenters. The van der Waals surface area contributed by atoms with E-state index in [9.17, 15) is 14.5 Å². The first kappa shape index (κ1) is 13.9. The Balaban J connectivity index is 1.97. The molecule has 1 aliphatic heterocycles. The van der Waals surface area contributed by atoms with Crippen LogP contribution in [0.1, 0.15) is 25.3 Å². The largest absolute Gasteiger partial charge is 0.378 e. The molecule has 6 heteroatoms. The monoisotopic (exact) mass is 268 g/mol. The number of non-ortho nitro benzene ring substituents is 1. The summed E-state index contributed by atoms with van der Waals surface area (Å²) in [6.07, 6.45) is 2.02. The quantitative estimate of drug-likeness (QED) is 0.672. The minimum atomic E-state index is -0.580. The highest BCUT2D eigenvalue weighted by molar-refractivity contribution is 5.35. The Labute approximate surface area is 110 Å². The van der Waals surface area contributed by atoms with Gasteiger partial charge in [-0.3, -0.25) is 10.1 Å². The molecule has 5 nitrogen and oxygen atoms in total. The lowest BCUT2D eigenvalue weighted by molar-refractivity contribution is -0.385. The molecule has 2 atom stereocenters. The Morgan fingerprint density at radius 2 is 2.32 bits per heavy atom. The minimum absolute atomic E-state index is 0.211. The van der Waals surface area contributed by atoms with Crippen LogP contribution in [-0.2, 0) is 11.3 Å². The van der Waals surface area contributed by atoms with Gasteiger partial charge in [0.1, 0.15) is 5.82 Å². The van der Waals surface area contributed by atoms with E-state index in [1.807, 2.05) is 6.92 Å². The Hall–Kier alpha value is -1.53. The van der Waals surface area contributed by atoms with Crippen molar-refractivity contribution in [2.24, 2.45) is 0 Å². The second-order valence-corrected chi connectivity index (χ2v) is 4.86. The van der Waals surface area contributed by atoms with Gasteiger partial charge >= 0.3 is 0 Å². The summed E-state index contributed by atoms with van der Waals surface area (Å²) in [6.45, 7) is 3.15. The van der Waals surface area contributed by atoms with Crippen LogP contribution in [0.15, 0.2) is 18.2 Å². The summed E-state index contributed by atoms with van der Waals surface area (Å²) in [5.41, 5.74) is 0.378. The van der Waals surface area contributed by atoms with E-state index < -0.39 is 10.7 Å².